The molecular weight excluding hydrogens is 330 g/mol. The van der Waals surface area contributed by atoms with Crippen LogP contribution in [0, 0.1) is 18.6 Å². The van der Waals surface area contributed by atoms with Crippen molar-refractivity contribution in [3.05, 3.63) is 51.3 Å². The average molecular weight is 345 g/mol. The van der Waals surface area contributed by atoms with E-state index in [1.165, 1.54) is 12.1 Å². The van der Waals surface area contributed by atoms with Crippen LogP contribution in [0.4, 0.5) is 8.78 Å². The number of halogens is 3. The third-order valence-electron chi connectivity index (χ3n) is 3.40. The predicted octanol–water partition coefficient (Wildman–Crippen LogP) is 2.52. The first-order chi connectivity index (χ1) is 9.45. The van der Waals surface area contributed by atoms with E-state index in [1.54, 1.807) is 17.9 Å². The summed E-state index contributed by atoms with van der Waals surface area (Å²) in [5.74, 6) is 4.33. The van der Waals surface area contributed by atoms with Gasteiger partial charge in [0.25, 0.3) is 0 Å². The molecule has 20 heavy (non-hydrogen) atoms. The van der Waals surface area contributed by atoms with Crippen LogP contribution in [0.15, 0.2) is 22.8 Å². The molecule has 0 radical (unpaired) electrons. The molecule has 1 atom stereocenters. The maximum atomic E-state index is 14.0. The summed E-state index contributed by atoms with van der Waals surface area (Å²) >= 11 is 3.06. The molecule has 0 aliphatic carbocycles. The van der Waals surface area contributed by atoms with Crippen molar-refractivity contribution >= 4 is 15.9 Å². The highest BCUT2D eigenvalue weighted by Gasteiger charge is 2.21. The summed E-state index contributed by atoms with van der Waals surface area (Å²) in [7, 11) is 1.80. The van der Waals surface area contributed by atoms with Gasteiger partial charge in [-0.1, -0.05) is 0 Å². The lowest BCUT2D eigenvalue weighted by atomic mass is 9.99. The summed E-state index contributed by atoms with van der Waals surface area (Å²) in [6, 6.07) is 2.16. The van der Waals surface area contributed by atoms with Gasteiger partial charge >= 0.3 is 0 Å². The van der Waals surface area contributed by atoms with Gasteiger partial charge in [-0.25, -0.2) is 8.78 Å². The largest absolute Gasteiger partial charge is 0.273 e. The number of hydrazine groups is 1. The smallest absolute Gasteiger partial charge is 0.143 e. The Morgan fingerprint density at radius 3 is 2.70 bits per heavy atom. The molecule has 0 aliphatic rings. The van der Waals surface area contributed by atoms with Crippen molar-refractivity contribution in [2.75, 3.05) is 0 Å². The van der Waals surface area contributed by atoms with Crippen molar-refractivity contribution in [2.24, 2.45) is 12.9 Å². The van der Waals surface area contributed by atoms with Crippen molar-refractivity contribution < 1.29 is 8.78 Å². The molecule has 1 aromatic heterocycles. The number of aryl methyl sites for hydroxylation is 1. The van der Waals surface area contributed by atoms with Crippen molar-refractivity contribution in [3.63, 3.8) is 0 Å². The van der Waals surface area contributed by atoms with E-state index in [1.807, 2.05) is 6.92 Å². The van der Waals surface area contributed by atoms with Crippen LogP contribution < -0.4 is 11.3 Å². The first-order valence-electron chi connectivity index (χ1n) is 6.02. The molecule has 7 heteroatoms. The Bertz CT molecular complexity index is 627. The highest BCUT2D eigenvalue weighted by Crippen LogP contribution is 2.27. The van der Waals surface area contributed by atoms with Gasteiger partial charge in [0.15, 0.2) is 0 Å². The summed E-state index contributed by atoms with van der Waals surface area (Å²) < 4.78 is 29.7. The van der Waals surface area contributed by atoms with Gasteiger partial charge in [0.2, 0.25) is 0 Å². The normalized spacial score (nSPS) is 12.7. The first kappa shape index (κ1) is 15.1. The second-order valence-electron chi connectivity index (χ2n) is 4.55. The van der Waals surface area contributed by atoms with E-state index in [9.17, 15) is 8.78 Å². The summed E-state index contributed by atoms with van der Waals surface area (Å²) in [6.07, 6.45) is 1.74. The molecule has 1 unspecified atom stereocenters. The van der Waals surface area contributed by atoms with E-state index < -0.39 is 17.7 Å². The number of nitrogens with zero attached hydrogens (tertiary/aromatic N) is 2. The van der Waals surface area contributed by atoms with Gasteiger partial charge in [-0.15, -0.1) is 0 Å². The first-order valence-corrected chi connectivity index (χ1v) is 6.82. The highest BCUT2D eigenvalue weighted by molar-refractivity contribution is 9.10. The van der Waals surface area contributed by atoms with Gasteiger partial charge in [-0.2, -0.15) is 5.10 Å². The molecule has 0 aliphatic heterocycles. The summed E-state index contributed by atoms with van der Waals surface area (Å²) in [6.45, 7) is 1.88. The molecular formula is C13H15BrF2N4. The minimum Gasteiger partial charge on any atom is -0.273 e. The molecule has 1 heterocycles. The van der Waals surface area contributed by atoms with Crippen LogP contribution in [0.2, 0.25) is 0 Å². The molecule has 0 fully saturated rings. The minimum absolute atomic E-state index is 0.00872. The van der Waals surface area contributed by atoms with E-state index >= 15 is 0 Å². The minimum atomic E-state index is -0.605. The summed E-state index contributed by atoms with van der Waals surface area (Å²) in [5.41, 5.74) is 4.29. The van der Waals surface area contributed by atoms with Crippen LogP contribution in [0.25, 0.3) is 0 Å². The molecule has 2 aromatic rings. The van der Waals surface area contributed by atoms with E-state index in [4.69, 9.17) is 5.84 Å². The van der Waals surface area contributed by atoms with E-state index in [2.05, 4.69) is 26.5 Å². The zero-order valence-corrected chi connectivity index (χ0v) is 12.7. The van der Waals surface area contributed by atoms with Gasteiger partial charge in [-0.05, 0) is 41.4 Å². The van der Waals surface area contributed by atoms with E-state index in [-0.39, 0.29) is 16.5 Å². The van der Waals surface area contributed by atoms with Gasteiger partial charge in [0.05, 0.1) is 16.7 Å². The Labute approximate surface area is 124 Å². The summed E-state index contributed by atoms with van der Waals surface area (Å²) in [5, 5.41) is 4.11. The predicted molar refractivity (Wildman–Crippen MR) is 75.8 cm³/mol. The van der Waals surface area contributed by atoms with Crippen LogP contribution in [0.5, 0.6) is 0 Å². The van der Waals surface area contributed by atoms with E-state index in [0.29, 0.717) is 0 Å². The fraction of sp³-hybridized carbons (Fsp3) is 0.308. The zero-order chi connectivity index (χ0) is 14.9. The molecule has 4 nitrogen and oxygen atoms in total. The number of hydrogen-bond acceptors (Lipinski definition) is 3. The Morgan fingerprint density at radius 1 is 1.45 bits per heavy atom. The van der Waals surface area contributed by atoms with Crippen molar-refractivity contribution in [2.45, 2.75) is 19.4 Å². The number of nitrogens with two attached hydrogens (primary N) is 1. The molecule has 108 valence electrons. The molecule has 3 N–H and O–H groups in total. The van der Waals surface area contributed by atoms with Crippen LogP contribution in [0.3, 0.4) is 0 Å². The molecule has 0 amide bonds. The van der Waals surface area contributed by atoms with Gasteiger partial charge in [0, 0.05) is 23.9 Å². The van der Waals surface area contributed by atoms with Crippen molar-refractivity contribution in [1.82, 2.24) is 15.2 Å². The number of hydrogen-bond donors (Lipinski definition) is 2. The fourth-order valence-corrected chi connectivity index (χ4v) is 2.45. The SMILES string of the molecule is Cc1c(C(Cc2c(F)ccc(Br)c2F)NN)cnn1C. The van der Waals surface area contributed by atoms with Crippen LogP contribution >= 0.6 is 15.9 Å². The van der Waals surface area contributed by atoms with Crippen LogP contribution in [-0.2, 0) is 13.5 Å². The highest BCUT2D eigenvalue weighted by atomic mass is 79.9. The maximum absolute atomic E-state index is 14.0. The monoisotopic (exact) mass is 344 g/mol. The second kappa shape index (κ2) is 5.99. The maximum Gasteiger partial charge on any atom is 0.143 e. The molecule has 1 aromatic carbocycles. The van der Waals surface area contributed by atoms with E-state index in [0.717, 1.165) is 11.3 Å². The van der Waals surface area contributed by atoms with Gasteiger partial charge in [-0.3, -0.25) is 16.0 Å². The number of rotatable bonds is 4. The molecule has 2 rings (SSSR count). The van der Waals surface area contributed by atoms with Gasteiger partial charge < -0.3 is 0 Å². The fourth-order valence-electron chi connectivity index (χ4n) is 2.08. The molecule has 0 saturated carbocycles. The zero-order valence-electron chi connectivity index (χ0n) is 11.1. The van der Waals surface area contributed by atoms with Crippen molar-refractivity contribution in [3.8, 4) is 0 Å². The third-order valence-corrected chi connectivity index (χ3v) is 4.01. The summed E-state index contributed by atoms with van der Waals surface area (Å²) in [4.78, 5) is 0. The lowest BCUT2D eigenvalue weighted by Crippen LogP contribution is -2.30. The molecule has 0 spiro atoms. The van der Waals surface area contributed by atoms with Crippen molar-refractivity contribution in [1.29, 1.82) is 0 Å². The standard InChI is InChI=1S/C13H15BrF2N4/c1-7-9(6-18-20(7)2)12(19-17)5-8-11(15)4-3-10(14)13(8)16/h3-4,6,12,19H,5,17H2,1-2H3. The average Bonchev–Trinajstić information content (AvgIpc) is 2.75. The third kappa shape index (κ3) is 2.74. The Morgan fingerprint density at radius 2 is 2.15 bits per heavy atom. The Kier molecular flexibility index (Phi) is 4.52. The Hall–Kier alpha value is -1.31. The van der Waals surface area contributed by atoms with Crippen LogP contribution in [0.1, 0.15) is 22.9 Å². The van der Waals surface area contributed by atoms with Gasteiger partial charge in [0.1, 0.15) is 11.6 Å². The quantitative estimate of drug-likeness (QED) is 0.509. The van der Waals surface area contributed by atoms with Crippen LogP contribution in [-0.4, -0.2) is 9.78 Å². The molecule has 0 saturated heterocycles. The second-order valence-corrected chi connectivity index (χ2v) is 5.41. The topological polar surface area (TPSA) is 55.9 Å². The lowest BCUT2D eigenvalue weighted by Gasteiger charge is -2.17. The Balaban J connectivity index is 2.37. The lowest BCUT2D eigenvalue weighted by molar-refractivity contribution is 0.496. The molecule has 0 bridgehead atoms. The number of aromatic nitrogens is 2. The number of benzene rings is 1. The number of nitrogens with one attached hydrogen (secondary N) is 1.